The van der Waals surface area contributed by atoms with Crippen LogP contribution in [0, 0.1) is 5.92 Å². The molecule has 2 aliphatic rings. The summed E-state index contributed by atoms with van der Waals surface area (Å²) < 4.78 is 5.93. The summed E-state index contributed by atoms with van der Waals surface area (Å²) in [6.07, 6.45) is 7.15. The number of benzene rings is 1. The summed E-state index contributed by atoms with van der Waals surface area (Å²) in [5.41, 5.74) is 1.09. The molecule has 0 saturated carbocycles. The fourth-order valence-electron chi connectivity index (χ4n) is 3.94. The summed E-state index contributed by atoms with van der Waals surface area (Å²) in [5, 5.41) is 3.66. The van der Waals surface area contributed by atoms with Gasteiger partial charge in [0.25, 0.3) is 0 Å². The second kappa shape index (κ2) is 6.85. The van der Waals surface area contributed by atoms with Crippen LogP contribution in [0.1, 0.15) is 31.6 Å². The Kier molecular flexibility index (Phi) is 4.44. The molecule has 4 rings (SSSR count). The van der Waals surface area contributed by atoms with Gasteiger partial charge in [0.1, 0.15) is 0 Å². The molecule has 2 saturated heterocycles. The highest BCUT2D eigenvalue weighted by Crippen LogP contribution is 2.27. The minimum absolute atomic E-state index is 0.767. The summed E-state index contributed by atoms with van der Waals surface area (Å²) in [5.74, 6) is 2.56. The van der Waals surface area contributed by atoms with Gasteiger partial charge >= 0.3 is 0 Å². The standard InChI is InChI=1S/C19H25N3O/c1-2-5-16(6-3-1)18-13-21-19(23-18)14-22-11-8-15(9-12-22)17-7-4-10-20-17/h1-3,5-6,13,15,17,20H,4,7-12,14H2. The van der Waals surface area contributed by atoms with Gasteiger partial charge in [0.05, 0.1) is 12.7 Å². The van der Waals surface area contributed by atoms with Gasteiger partial charge in [0, 0.05) is 11.6 Å². The third-order valence-electron chi connectivity index (χ3n) is 5.27. The molecule has 2 aromatic rings. The molecule has 2 aliphatic heterocycles. The number of aromatic nitrogens is 1. The minimum atomic E-state index is 0.767. The monoisotopic (exact) mass is 311 g/mol. The molecule has 1 unspecified atom stereocenters. The number of nitrogens with one attached hydrogen (secondary N) is 1. The van der Waals surface area contributed by atoms with Gasteiger partial charge in [-0.05, 0) is 51.2 Å². The van der Waals surface area contributed by atoms with E-state index in [-0.39, 0.29) is 0 Å². The van der Waals surface area contributed by atoms with E-state index in [2.05, 4.69) is 27.3 Å². The van der Waals surface area contributed by atoms with E-state index in [9.17, 15) is 0 Å². The van der Waals surface area contributed by atoms with Crippen LogP contribution in [-0.2, 0) is 6.54 Å². The normalized spacial score (nSPS) is 23.4. The van der Waals surface area contributed by atoms with E-state index in [0.29, 0.717) is 0 Å². The van der Waals surface area contributed by atoms with Crippen molar-refractivity contribution in [3.05, 3.63) is 42.4 Å². The summed E-state index contributed by atoms with van der Waals surface area (Å²) >= 11 is 0. The molecule has 23 heavy (non-hydrogen) atoms. The van der Waals surface area contributed by atoms with Crippen LogP contribution < -0.4 is 5.32 Å². The third-order valence-corrected chi connectivity index (χ3v) is 5.27. The fourth-order valence-corrected chi connectivity index (χ4v) is 3.94. The van der Waals surface area contributed by atoms with Gasteiger partial charge < -0.3 is 9.73 Å². The highest BCUT2D eigenvalue weighted by molar-refractivity contribution is 5.55. The second-order valence-electron chi connectivity index (χ2n) is 6.80. The molecule has 122 valence electrons. The number of oxazole rings is 1. The molecule has 4 heteroatoms. The van der Waals surface area contributed by atoms with Crippen LogP contribution in [0.2, 0.25) is 0 Å². The van der Waals surface area contributed by atoms with E-state index in [1.807, 2.05) is 24.4 Å². The molecule has 1 N–H and O–H groups in total. The Morgan fingerprint density at radius 1 is 1.13 bits per heavy atom. The van der Waals surface area contributed by atoms with E-state index in [1.165, 1.54) is 32.2 Å². The SMILES string of the molecule is c1ccc(-c2cnc(CN3CCC(C4CCCN4)CC3)o2)cc1. The Balaban J connectivity index is 1.32. The quantitative estimate of drug-likeness (QED) is 0.940. The van der Waals surface area contributed by atoms with Crippen LogP contribution in [-0.4, -0.2) is 35.6 Å². The Bertz CT molecular complexity index is 611. The molecule has 1 aromatic heterocycles. The summed E-state index contributed by atoms with van der Waals surface area (Å²) in [4.78, 5) is 6.94. The predicted octanol–water partition coefficient (Wildman–Crippen LogP) is 3.31. The van der Waals surface area contributed by atoms with Crippen molar-refractivity contribution in [1.29, 1.82) is 0 Å². The number of hydrogen-bond acceptors (Lipinski definition) is 4. The maximum absolute atomic E-state index is 5.93. The molecule has 3 heterocycles. The molecule has 1 atom stereocenters. The number of piperidine rings is 1. The molecule has 0 aliphatic carbocycles. The van der Waals surface area contributed by atoms with E-state index in [4.69, 9.17) is 4.42 Å². The number of nitrogens with zero attached hydrogens (tertiary/aromatic N) is 2. The predicted molar refractivity (Wildman–Crippen MR) is 91.0 cm³/mol. The molecule has 1 aromatic carbocycles. The van der Waals surface area contributed by atoms with Crippen molar-refractivity contribution in [3.63, 3.8) is 0 Å². The first-order chi connectivity index (χ1) is 11.4. The van der Waals surface area contributed by atoms with Crippen molar-refractivity contribution in [2.75, 3.05) is 19.6 Å². The van der Waals surface area contributed by atoms with Crippen LogP contribution in [0.4, 0.5) is 0 Å². The third kappa shape index (κ3) is 3.48. The average molecular weight is 311 g/mol. The molecular formula is C19H25N3O. The Morgan fingerprint density at radius 2 is 1.96 bits per heavy atom. The topological polar surface area (TPSA) is 41.3 Å². The van der Waals surface area contributed by atoms with Gasteiger partial charge in [-0.25, -0.2) is 4.98 Å². The Morgan fingerprint density at radius 3 is 2.70 bits per heavy atom. The maximum Gasteiger partial charge on any atom is 0.209 e. The second-order valence-corrected chi connectivity index (χ2v) is 6.80. The number of hydrogen-bond donors (Lipinski definition) is 1. The van der Waals surface area contributed by atoms with Crippen LogP contribution in [0.3, 0.4) is 0 Å². The van der Waals surface area contributed by atoms with Gasteiger partial charge in [-0.15, -0.1) is 0 Å². The molecular weight excluding hydrogens is 286 g/mol. The van der Waals surface area contributed by atoms with Crippen molar-refractivity contribution < 1.29 is 4.42 Å². The van der Waals surface area contributed by atoms with Gasteiger partial charge in [-0.1, -0.05) is 30.3 Å². The largest absolute Gasteiger partial charge is 0.439 e. The van der Waals surface area contributed by atoms with Gasteiger partial charge in [-0.2, -0.15) is 0 Å². The first-order valence-corrected chi connectivity index (χ1v) is 8.84. The van der Waals surface area contributed by atoms with E-state index < -0.39 is 0 Å². The molecule has 0 spiro atoms. The van der Waals surface area contributed by atoms with Crippen LogP contribution in [0.25, 0.3) is 11.3 Å². The summed E-state index contributed by atoms with van der Waals surface area (Å²) in [6, 6.07) is 11.0. The van der Waals surface area contributed by atoms with Crippen LogP contribution >= 0.6 is 0 Å². The van der Waals surface area contributed by atoms with Crippen molar-refractivity contribution in [2.24, 2.45) is 5.92 Å². The lowest BCUT2D eigenvalue weighted by Crippen LogP contribution is -2.40. The highest BCUT2D eigenvalue weighted by atomic mass is 16.4. The zero-order valence-corrected chi connectivity index (χ0v) is 13.6. The minimum Gasteiger partial charge on any atom is -0.439 e. The Labute approximate surface area is 137 Å². The van der Waals surface area contributed by atoms with E-state index in [1.54, 1.807) is 0 Å². The molecule has 0 amide bonds. The van der Waals surface area contributed by atoms with Crippen molar-refractivity contribution in [1.82, 2.24) is 15.2 Å². The molecule has 4 nitrogen and oxygen atoms in total. The van der Waals surface area contributed by atoms with Gasteiger partial charge in [0.15, 0.2) is 5.76 Å². The lowest BCUT2D eigenvalue weighted by Gasteiger charge is -2.34. The zero-order chi connectivity index (χ0) is 15.5. The van der Waals surface area contributed by atoms with Gasteiger partial charge in [-0.3, -0.25) is 4.90 Å². The Hall–Kier alpha value is -1.65. The van der Waals surface area contributed by atoms with Gasteiger partial charge in [0.2, 0.25) is 5.89 Å². The summed E-state index contributed by atoms with van der Waals surface area (Å²) in [6.45, 7) is 4.36. The summed E-state index contributed by atoms with van der Waals surface area (Å²) in [7, 11) is 0. The lowest BCUT2D eigenvalue weighted by atomic mass is 9.88. The lowest BCUT2D eigenvalue weighted by molar-refractivity contribution is 0.147. The van der Waals surface area contributed by atoms with Crippen molar-refractivity contribution in [3.8, 4) is 11.3 Å². The number of rotatable bonds is 4. The molecule has 2 fully saturated rings. The first kappa shape index (κ1) is 14.9. The van der Waals surface area contributed by atoms with E-state index in [0.717, 1.165) is 48.8 Å². The first-order valence-electron chi connectivity index (χ1n) is 8.84. The molecule has 0 radical (unpaired) electrons. The average Bonchev–Trinajstić information content (AvgIpc) is 3.28. The highest BCUT2D eigenvalue weighted by Gasteiger charge is 2.28. The van der Waals surface area contributed by atoms with Crippen molar-refractivity contribution in [2.45, 2.75) is 38.3 Å². The van der Waals surface area contributed by atoms with Crippen molar-refractivity contribution >= 4 is 0 Å². The zero-order valence-electron chi connectivity index (χ0n) is 13.6. The van der Waals surface area contributed by atoms with E-state index >= 15 is 0 Å². The molecule has 0 bridgehead atoms. The fraction of sp³-hybridized carbons (Fsp3) is 0.526. The maximum atomic E-state index is 5.93. The smallest absolute Gasteiger partial charge is 0.209 e. The van der Waals surface area contributed by atoms with Crippen LogP contribution in [0.15, 0.2) is 40.9 Å². The van der Waals surface area contributed by atoms with Crippen LogP contribution in [0.5, 0.6) is 0 Å². The number of likely N-dealkylation sites (tertiary alicyclic amines) is 1.